The van der Waals surface area contributed by atoms with E-state index in [1.807, 2.05) is 0 Å². The Balaban J connectivity index is 1.91. The van der Waals surface area contributed by atoms with Crippen molar-refractivity contribution in [1.82, 2.24) is 0 Å². The average molecular weight is 536 g/mol. The average Bonchev–Trinajstić information content (AvgIpc) is 3.14. The van der Waals surface area contributed by atoms with Gasteiger partial charge in [0.25, 0.3) is 5.91 Å². The number of hydrogen-bond donors (Lipinski definition) is 1. The summed E-state index contributed by atoms with van der Waals surface area (Å²) < 4.78 is 29.6. The third-order valence-corrected chi connectivity index (χ3v) is 6.54. The smallest absolute Gasteiger partial charge is 0.351 e. The number of carbonyl (C=O) groups excluding carboxylic acids is 3. The van der Waals surface area contributed by atoms with Crippen LogP contribution in [0.2, 0.25) is 0 Å². The summed E-state index contributed by atoms with van der Waals surface area (Å²) in [4.78, 5) is 37.2. The minimum absolute atomic E-state index is 0.0807. The molecule has 0 saturated heterocycles. The van der Waals surface area contributed by atoms with Gasteiger partial charge in [-0.25, -0.2) is 14.0 Å². The predicted molar refractivity (Wildman–Crippen MR) is 125 cm³/mol. The molecule has 0 fully saturated rings. The topological polar surface area (TPSA) is 90.9 Å². The largest absolute Gasteiger partial charge is 0.479 e. The van der Waals surface area contributed by atoms with E-state index in [-0.39, 0.29) is 29.4 Å². The summed E-state index contributed by atoms with van der Waals surface area (Å²) >= 11 is 4.53. The second kappa shape index (κ2) is 11.1. The molecule has 0 radical (unpaired) electrons. The Morgan fingerprint density at radius 1 is 1.12 bits per heavy atom. The van der Waals surface area contributed by atoms with Crippen LogP contribution in [0, 0.1) is 5.82 Å². The lowest BCUT2D eigenvalue weighted by Gasteiger charge is -2.08. The van der Waals surface area contributed by atoms with Gasteiger partial charge in [-0.05, 0) is 52.7 Å². The fraction of sp³-hybridized carbons (Fsp3) is 0.174. The Morgan fingerprint density at radius 3 is 2.58 bits per heavy atom. The lowest BCUT2D eigenvalue weighted by molar-refractivity contribution is -0.145. The molecule has 2 aromatic carbocycles. The van der Waals surface area contributed by atoms with Gasteiger partial charge in [-0.2, -0.15) is 0 Å². The van der Waals surface area contributed by atoms with Gasteiger partial charge in [0.15, 0.2) is 17.2 Å². The van der Waals surface area contributed by atoms with Crippen LogP contribution in [0.5, 0.6) is 5.75 Å². The van der Waals surface area contributed by atoms with E-state index in [2.05, 4.69) is 21.2 Å². The molecule has 7 nitrogen and oxygen atoms in total. The molecule has 172 valence electrons. The van der Waals surface area contributed by atoms with E-state index in [9.17, 15) is 18.8 Å². The zero-order valence-electron chi connectivity index (χ0n) is 17.6. The SMILES string of the molecule is CCOC(=O)COc1c(C(=O)OC)sc(-c2cccc(NC(=O)c3ccccc3F)c2)c1Br. The highest BCUT2D eigenvalue weighted by atomic mass is 79.9. The first kappa shape index (κ1) is 24.4. The van der Waals surface area contributed by atoms with Crippen molar-refractivity contribution < 1.29 is 33.0 Å². The van der Waals surface area contributed by atoms with Gasteiger partial charge in [-0.1, -0.05) is 24.3 Å². The van der Waals surface area contributed by atoms with E-state index in [0.29, 0.717) is 20.6 Å². The Bertz CT molecular complexity index is 1200. The van der Waals surface area contributed by atoms with Gasteiger partial charge >= 0.3 is 11.9 Å². The molecule has 1 heterocycles. The molecule has 0 aliphatic rings. The number of nitrogens with one attached hydrogen (secondary N) is 1. The van der Waals surface area contributed by atoms with E-state index in [0.717, 1.165) is 11.3 Å². The second-order valence-electron chi connectivity index (χ2n) is 6.50. The van der Waals surface area contributed by atoms with E-state index in [1.165, 1.54) is 25.3 Å². The van der Waals surface area contributed by atoms with Crippen molar-refractivity contribution in [2.45, 2.75) is 6.92 Å². The highest BCUT2D eigenvalue weighted by Gasteiger charge is 2.25. The van der Waals surface area contributed by atoms with Crippen LogP contribution in [0.4, 0.5) is 10.1 Å². The minimum atomic E-state index is -0.630. The van der Waals surface area contributed by atoms with Gasteiger partial charge in [0.1, 0.15) is 5.82 Å². The quantitative estimate of drug-likeness (QED) is 0.393. The molecule has 0 aliphatic heterocycles. The maximum Gasteiger partial charge on any atom is 0.351 e. The number of carbonyl (C=O) groups is 3. The Hall–Kier alpha value is -3.24. The molecule has 10 heteroatoms. The fourth-order valence-electron chi connectivity index (χ4n) is 2.85. The maximum atomic E-state index is 13.9. The van der Waals surface area contributed by atoms with Crippen LogP contribution in [-0.4, -0.2) is 38.2 Å². The molecule has 3 rings (SSSR count). The molecule has 3 aromatic rings. The van der Waals surface area contributed by atoms with Crippen molar-refractivity contribution in [3.8, 4) is 16.2 Å². The number of hydrogen-bond acceptors (Lipinski definition) is 7. The number of halogens is 2. The lowest BCUT2D eigenvalue weighted by atomic mass is 10.1. The fourth-order valence-corrected chi connectivity index (χ4v) is 4.82. The van der Waals surface area contributed by atoms with Crippen LogP contribution in [0.3, 0.4) is 0 Å². The van der Waals surface area contributed by atoms with E-state index < -0.39 is 23.7 Å². The van der Waals surface area contributed by atoms with Gasteiger partial charge < -0.3 is 19.5 Å². The van der Waals surface area contributed by atoms with Gasteiger partial charge in [0.2, 0.25) is 0 Å². The number of esters is 2. The molecule has 1 aromatic heterocycles. The number of methoxy groups -OCH3 is 1. The molecule has 1 amide bonds. The number of rotatable bonds is 8. The summed E-state index contributed by atoms with van der Waals surface area (Å²) in [5.41, 5.74) is 0.992. The highest BCUT2D eigenvalue weighted by molar-refractivity contribution is 9.10. The summed E-state index contributed by atoms with van der Waals surface area (Å²) in [7, 11) is 1.24. The Labute approximate surface area is 201 Å². The van der Waals surface area contributed by atoms with E-state index in [4.69, 9.17) is 14.2 Å². The molecule has 0 bridgehead atoms. The third kappa shape index (κ3) is 5.77. The summed E-state index contributed by atoms with van der Waals surface area (Å²) in [6.45, 7) is 1.49. The second-order valence-corrected chi connectivity index (χ2v) is 8.32. The molecule has 0 atom stereocenters. The lowest BCUT2D eigenvalue weighted by Crippen LogP contribution is -2.15. The van der Waals surface area contributed by atoms with Crippen molar-refractivity contribution in [3.05, 3.63) is 69.3 Å². The summed E-state index contributed by atoms with van der Waals surface area (Å²) in [5.74, 6) is -2.28. The van der Waals surface area contributed by atoms with Crippen LogP contribution < -0.4 is 10.1 Å². The van der Waals surface area contributed by atoms with Crippen molar-refractivity contribution in [2.24, 2.45) is 0 Å². The summed E-state index contributed by atoms with van der Waals surface area (Å²) in [6.07, 6.45) is 0. The molecule has 1 N–H and O–H groups in total. The summed E-state index contributed by atoms with van der Waals surface area (Å²) in [6, 6.07) is 12.5. The van der Waals surface area contributed by atoms with Crippen LogP contribution in [-0.2, 0) is 14.3 Å². The standard InChI is InChI=1S/C23H19BrFNO6S/c1-3-31-17(27)12-32-19-18(24)20(33-21(19)23(29)30-2)13-7-6-8-14(11-13)26-22(28)15-9-4-5-10-16(15)25/h4-11H,3,12H2,1-2H3,(H,26,28). The van der Waals surface area contributed by atoms with Gasteiger partial charge in [-0.3, -0.25) is 4.79 Å². The first-order valence-electron chi connectivity index (χ1n) is 9.71. The normalized spacial score (nSPS) is 10.4. The predicted octanol–water partition coefficient (Wildman–Crippen LogP) is 5.30. The first-order valence-corrected chi connectivity index (χ1v) is 11.3. The molecule has 0 unspecified atom stereocenters. The highest BCUT2D eigenvalue weighted by Crippen LogP contribution is 2.46. The van der Waals surface area contributed by atoms with E-state index >= 15 is 0 Å². The molecule has 0 saturated carbocycles. The zero-order valence-corrected chi connectivity index (χ0v) is 20.0. The zero-order chi connectivity index (χ0) is 24.0. The van der Waals surface area contributed by atoms with Crippen LogP contribution in [0.25, 0.3) is 10.4 Å². The van der Waals surface area contributed by atoms with Gasteiger partial charge in [0, 0.05) is 5.69 Å². The van der Waals surface area contributed by atoms with Crippen LogP contribution in [0.1, 0.15) is 27.0 Å². The first-order chi connectivity index (χ1) is 15.8. The molecule has 0 aliphatic carbocycles. The van der Waals surface area contributed by atoms with Crippen molar-refractivity contribution in [2.75, 3.05) is 25.6 Å². The van der Waals surface area contributed by atoms with Crippen molar-refractivity contribution in [1.29, 1.82) is 0 Å². The van der Waals surface area contributed by atoms with Crippen molar-refractivity contribution >= 4 is 50.8 Å². The number of benzene rings is 2. The number of ether oxygens (including phenoxy) is 3. The number of amides is 1. The monoisotopic (exact) mass is 535 g/mol. The Kier molecular flexibility index (Phi) is 8.18. The Morgan fingerprint density at radius 2 is 1.88 bits per heavy atom. The molecular weight excluding hydrogens is 517 g/mol. The number of anilines is 1. The van der Waals surface area contributed by atoms with Crippen LogP contribution >= 0.6 is 27.3 Å². The molecular formula is C23H19BrFNO6S. The van der Waals surface area contributed by atoms with Crippen LogP contribution in [0.15, 0.2) is 53.0 Å². The third-order valence-electron chi connectivity index (χ3n) is 4.32. The van der Waals surface area contributed by atoms with Gasteiger partial charge in [0.05, 0.1) is 28.6 Å². The molecule has 33 heavy (non-hydrogen) atoms. The van der Waals surface area contributed by atoms with Gasteiger partial charge in [-0.15, -0.1) is 11.3 Å². The maximum absolute atomic E-state index is 13.9. The van der Waals surface area contributed by atoms with Crippen molar-refractivity contribution in [3.63, 3.8) is 0 Å². The number of thiophene rings is 1. The summed E-state index contributed by atoms with van der Waals surface area (Å²) in [5, 5.41) is 2.66. The molecule has 0 spiro atoms. The minimum Gasteiger partial charge on any atom is -0.479 e. The van der Waals surface area contributed by atoms with E-state index in [1.54, 1.807) is 37.3 Å².